The van der Waals surface area contributed by atoms with Crippen molar-refractivity contribution >= 4 is 67.6 Å². The summed E-state index contributed by atoms with van der Waals surface area (Å²) in [4.78, 5) is 21.7. The van der Waals surface area contributed by atoms with Gasteiger partial charge in [0, 0.05) is 4.47 Å². The van der Waals surface area contributed by atoms with E-state index in [1.807, 2.05) is 97.1 Å². The van der Waals surface area contributed by atoms with Crippen LogP contribution in [0.5, 0.6) is 0 Å². The molecule has 0 heterocycles. The van der Waals surface area contributed by atoms with Crippen molar-refractivity contribution in [3.8, 4) is 0 Å². The number of benzene rings is 6. The van der Waals surface area contributed by atoms with Gasteiger partial charge in [0.15, 0.2) is 0 Å². The number of halogens is 1. The molecule has 0 spiro atoms. The first-order chi connectivity index (χ1) is 20.8. The molecule has 6 rings (SSSR count). The van der Waals surface area contributed by atoms with Gasteiger partial charge in [0.05, 0.1) is 11.1 Å². The first-order valence-electron chi connectivity index (χ1n) is 13.4. The molecule has 0 aliphatic rings. The van der Waals surface area contributed by atoms with Crippen LogP contribution in [0.25, 0.3) is 39.8 Å². The second kappa shape index (κ2) is 15.1. The number of carboxylic acid groups (broad SMARTS) is 2. The quantitative estimate of drug-likeness (QED) is 0.186. The molecule has 0 aliphatic heterocycles. The molecule has 0 aliphatic carbocycles. The summed E-state index contributed by atoms with van der Waals surface area (Å²) >= 11 is 3.36. The fourth-order valence-corrected chi connectivity index (χ4v) is 4.58. The fourth-order valence-electron chi connectivity index (χ4n) is 4.20. The molecule has 6 aromatic carbocycles. The predicted molar refractivity (Wildman–Crippen MR) is 181 cm³/mol. The topological polar surface area (TPSA) is 74.6 Å². The second-order valence-electron chi connectivity index (χ2n) is 9.50. The molecule has 43 heavy (non-hydrogen) atoms. The van der Waals surface area contributed by atoms with Crippen molar-refractivity contribution in [1.82, 2.24) is 0 Å². The third-order valence-corrected chi connectivity index (χ3v) is 6.96. The minimum absolute atomic E-state index is 0.315. The maximum absolute atomic E-state index is 11.0. The first-order valence-corrected chi connectivity index (χ1v) is 14.2. The lowest BCUT2D eigenvalue weighted by molar-refractivity contribution is 0.0686. The molecule has 4 nitrogen and oxygen atoms in total. The first kappa shape index (κ1) is 30.7. The van der Waals surface area contributed by atoms with E-state index in [9.17, 15) is 9.59 Å². The molecule has 212 valence electrons. The number of fused-ring (bicyclic) bond motifs is 2. The van der Waals surface area contributed by atoms with Crippen molar-refractivity contribution in [2.75, 3.05) is 0 Å². The van der Waals surface area contributed by atoms with Crippen LogP contribution in [0.3, 0.4) is 0 Å². The van der Waals surface area contributed by atoms with Crippen molar-refractivity contribution in [2.45, 2.75) is 0 Å². The molecule has 6 aromatic rings. The van der Waals surface area contributed by atoms with Gasteiger partial charge in [-0.15, -0.1) is 0 Å². The number of aromatic carboxylic acids is 2. The summed E-state index contributed by atoms with van der Waals surface area (Å²) < 4.78 is 0.994. The number of hydrogen-bond acceptors (Lipinski definition) is 2. The Morgan fingerprint density at radius 3 is 1.47 bits per heavy atom. The van der Waals surface area contributed by atoms with Crippen molar-refractivity contribution in [2.24, 2.45) is 0 Å². The Labute approximate surface area is 259 Å². The Morgan fingerprint density at radius 2 is 0.953 bits per heavy atom. The van der Waals surface area contributed by atoms with Crippen LogP contribution in [0.15, 0.2) is 145 Å². The van der Waals surface area contributed by atoms with Gasteiger partial charge in [0.25, 0.3) is 0 Å². The van der Waals surface area contributed by atoms with Crippen LogP contribution in [0.4, 0.5) is 0 Å². The Balaban J connectivity index is 0.000000165. The van der Waals surface area contributed by atoms with Crippen LogP contribution in [0.1, 0.15) is 37.4 Å². The van der Waals surface area contributed by atoms with Gasteiger partial charge in [-0.3, -0.25) is 0 Å². The lowest BCUT2D eigenvalue weighted by Crippen LogP contribution is -1.95. The van der Waals surface area contributed by atoms with E-state index < -0.39 is 11.9 Å². The molecule has 0 saturated carbocycles. The highest BCUT2D eigenvalue weighted by molar-refractivity contribution is 9.10. The van der Waals surface area contributed by atoms with Crippen LogP contribution in [0, 0.1) is 0 Å². The monoisotopic (exact) mass is 628 g/mol. The zero-order valence-corrected chi connectivity index (χ0v) is 24.8. The number of carbonyl (C=O) groups is 2. The summed E-state index contributed by atoms with van der Waals surface area (Å²) in [5.41, 5.74) is 4.05. The summed E-state index contributed by atoms with van der Waals surface area (Å²) in [6.45, 7) is 3.63. The van der Waals surface area contributed by atoms with Crippen LogP contribution >= 0.6 is 15.9 Å². The van der Waals surface area contributed by atoms with Crippen LogP contribution < -0.4 is 0 Å². The average molecular weight is 630 g/mol. The van der Waals surface area contributed by atoms with E-state index in [0.717, 1.165) is 37.1 Å². The van der Waals surface area contributed by atoms with E-state index in [2.05, 4.69) is 52.9 Å². The molecule has 5 heteroatoms. The molecular formula is C38H29BrO4. The second-order valence-corrected chi connectivity index (χ2v) is 10.4. The van der Waals surface area contributed by atoms with Crippen molar-refractivity contribution in [1.29, 1.82) is 0 Å². The predicted octanol–water partition coefficient (Wildman–Crippen LogP) is 10.3. The van der Waals surface area contributed by atoms with Gasteiger partial charge in [-0.1, -0.05) is 132 Å². The molecule has 0 amide bonds. The van der Waals surface area contributed by atoms with Crippen LogP contribution in [-0.2, 0) is 0 Å². The van der Waals surface area contributed by atoms with E-state index in [1.165, 1.54) is 5.56 Å². The Bertz CT molecular complexity index is 1890. The number of hydrogen-bond donors (Lipinski definition) is 2. The largest absolute Gasteiger partial charge is 0.478 e. The van der Waals surface area contributed by atoms with Gasteiger partial charge in [-0.05, 0) is 80.7 Å². The third kappa shape index (κ3) is 9.12. The van der Waals surface area contributed by atoms with Gasteiger partial charge in [-0.25, -0.2) is 9.59 Å². The average Bonchev–Trinajstić information content (AvgIpc) is 3.04. The van der Waals surface area contributed by atoms with Gasteiger partial charge >= 0.3 is 11.9 Å². The maximum Gasteiger partial charge on any atom is 0.335 e. The third-order valence-electron chi connectivity index (χ3n) is 6.46. The van der Waals surface area contributed by atoms with Crippen molar-refractivity contribution < 1.29 is 19.8 Å². The van der Waals surface area contributed by atoms with Crippen LogP contribution in [0.2, 0.25) is 0 Å². The van der Waals surface area contributed by atoms with E-state index in [0.29, 0.717) is 11.1 Å². The van der Waals surface area contributed by atoms with Gasteiger partial charge in [-0.2, -0.15) is 0 Å². The zero-order chi connectivity index (χ0) is 30.6. The fraction of sp³-hybridized carbons (Fsp3) is 0. The SMILES string of the molecule is C=Cc1ccccc1.O=C(O)c1ccc2cc(/C=C/c3ccccc3)ccc2c1.O=C(O)c1ccc2cc(Br)ccc2c1. The molecule has 0 aromatic heterocycles. The van der Waals surface area contributed by atoms with E-state index >= 15 is 0 Å². The molecule has 0 fully saturated rings. The van der Waals surface area contributed by atoms with E-state index in [4.69, 9.17) is 10.2 Å². The van der Waals surface area contributed by atoms with Gasteiger partial charge in [0.2, 0.25) is 0 Å². The minimum atomic E-state index is -0.898. The lowest BCUT2D eigenvalue weighted by atomic mass is 10.0. The minimum Gasteiger partial charge on any atom is -0.478 e. The van der Waals surface area contributed by atoms with Crippen LogP contribution in [-0.4, -0.2) is 22.2 Å². The number of carboxylic acids is 2. The summed E-state index contributed by atoms with van der Waals surface area (Å²) in [6.07, 6.45) is 5.95. The Morgan fingerprint density at radius 1 is 0.512 bits per heavy atom. The summed E-state index contributed by atoms with van der Waals surface area (Å²) in [7, 11) is 0. The summed E-state index contributed by atoms with van der Waals surface area (Å²) in [6, 6.07) is 42.2. The molecule has 0 radical (unpaired) electrons. The molecule has 0 unspecified atom stereocenters. The highest BCUT2D eigenvalue weighted by atomic mass is 79.9. The van der Waals surface area contributed by atoms with Gasteiger partial charge < -0.3 is 10.2 Å². The standard InChI is InChI=1S/C19H14O2.C11H7BrO2.C8H8/c20-19(21)18-11-10-16-12-15(8-9-17(16)13-18)7-6-14-4-2-1-3-5-14;12-10-4-3-7-5-9(11(13)14)2-1-8(7)6-10;1-2-8-6-4-3-5-7-8/h1-13H,(H,20,21);1-6H,(H,13,14);2-7H,1H2/b7-6+;;. The Hall–Kier alpha value is -5.26. The number of rotatable bonds is 5. The van der Waals surface area contributed by atoms with E-state index in [-0.39, 0.29) is 0 Å². The molecular weight excluding hydrogens is 600 g/mol. The highest BCUT2D eigenvalue weighted by Gasteiger charge is 2.04. The maximum atomic E-state index is 11.0. The zero-order valence-electron chi connectivity index (χ0n) is 23.2. The van der Waals surface area contributed by atoms with Crippen molar-refractivity contribution in [3.63, 3.8) is 0 Å². The summed E-state index contributed by atoms with van der Waals surface area (Å²) in [5, 5.41) is 21.7. The normalized spacial score (nSPS) is 10.3. The molecule has 0 atom stereocenters. The highest BCUT2D eigenvalue weighted by Crippen LogP contribution is 2.21. The molecule has 2 N–H and O–H groups in total. The molecule has 0 bridgehead atoms. The summed E-state index contributed by atoms with van der Waals surface area (Å²) in [5.74, 6) is -1.79. The van der Waals surface area contributed by atoms with E-state index in [1.54, 1.807) is 24.3 Å². The van der Waals surface area contributed by atoms with Gasteiger partial charge in [0.1, 0.15) is 0 Å². The lowest BCUT2D eigenvalue weighted by Gasteiger charge is -2.02. The smallest absolute Gasteiger partial charge is 0.335 e. The molecule has 0 saturated heterocycles. The Kier molecular flexibility index (Phi) is 10.8. The van der Waals surface area contributed by atoms with Crippen molar-refractivity contribution in [3.05, 3.63) is 172 Å².